The van der Waals surface area contributed by atoms with Crippen LogP contribution < -0.4 is 10.6 Å². The van der Waals surface area contributed by atoms with E-state index >= 15 is 0 Å². The van der Waals surface area contributed by atoms with Crippen LogP contribution in [0.5, 0.6) is 0 Å². The molecule has 268 valence electrons. The van der Waals surface area contributed by atoms with E-state index in [1.54, 1.807) is 13.2 Å². The fourth-order valence-electron chi connectivity index (χ4n) is 6.89. The number of nitrogens with zero attached hydrogens (tertiary/aromatic N) is 2. The molecule has 0 heterocycles. The molecule has 0 spiro atoms. The smallest absolute Gasteiger partial charge is 0.0844 e. The predicted octanol–water partition coefficient (Wildman–Crippen LogP) is 7.39. The highest BCUT2D eigenvalue weighted by atomic mass is 16.5. The van der Waals surface area contributed by atoms with Crippen LogP contribution >= 0.6 is 0 Å². The first-order valence-corrected chi connectivity index (χ1v) is 18.4. The molecule has 1 aromatic carbocycles. The third-order valence-electron chi connectivity index (χ3n) is 10.0. The highest BCUT2D eigenvalue weighted by Gasteiger charge is 2.27. The van der Waals surface area contributed by atoms with Gasteiger partial charge in [0.15, 0.2) is 0 Å². The van der Waals surface area contributed by atoms with E-state index in [4.69, 9.17) is 11.2 Å². The van der Waals surface area contributed by atoms with Crippen molar-refractivity contribution in [2.75, 3.05) is 47.4 Å². The average molecular weight is 669 g/mol. The highest BCUT2D eigenvalue weighted by Crippen LogP contribution is 2.29. The summed E-state index contributed by atoms with van der Waals surface area (Å²) in [5.74, 6) is 3.33. The molecule has 2 aliphatic rings. The summed E-state index contributed by atoms with van der Waals surface area (Å²) in [6, 6.07) is 10.1. The molecule has 2 unspecified atom stereocenters. The third-order valence-corrected chi connectivity index (χ3v) is 10.0. The molecule has 0 radical (unpaired) electrons. The summed E-state index contributed by atoms with van der Waals surface area (Å²) in [7, 11) is 6.00. The summed E-state index contributed by atoms with van der Waals surface area (Å²) in [4.78, 5) is 4.66. The van der Waals surface area contributed by atoms with E-state index in [1.165, 1.54) is 43.2 Å². The zero-order valence-electron chi connectivity index (χ0n) is 30.7. The quantitative estimate of drug-likeness (QED) is 0.106. The van der Waals surface area contributed by atoms with Gasteiger partial charge in [0, 0.05) is 63.4 Å². The molecule has 6 nitrogen and oxygen atoms in total. The Balaban J connectivity index is 1.70. The molecule has 1 saturated carbocycles. The molecule has 0 saturated heterocycles. The summed E-state index contributed by atoms with van der Waals surface area (Å²) in [6.45, 7) is 16.9. The number of terminal acetylenes is 1. The van der Waals surface area contributed by atoms with Crippen LogP contribution in [0.15, 0.2) is 103 Å². The van der Waals surface area contributed by atoms with Crippen molar-refractivity contribution >= 4 is 0 Å². The molecule has 49 heavy (non-hydrogen) atoms. The topological polar surface area (TPSA) is 60.0 Å². The number of hydrogen-bond acceptors (Lipinski definition) is 6. The largest absolute Gasteiger partial charge is 0.391 e. The number of methoxy groups -OCH3 is 1. The van der Waals surface area contributed by atoms with Crippen LogP contribution in [-0.2, 0) is 11.2 Å². The zero-order chi connectivity index (χ0) is 35.4. The minimum absolute atomic E-state index is 0.0903. The van der Waals surface area contributed by atoms with Crippen molar-refractivity contribution in [3.63, 3.8) is 0 Å². The van der Waals surface area contributed by atoms with Crippen LogP contribution in [0.2, 0.25) is 0 Å². The summed E-state index contributed by atoms with van der Waals surface area (Å²) in [5, 5.41) is 18.5. The fraction of sp³-hybridized carbons (Fsp3) is 0.535. The van der Waals surface area contributed by atoms with Crippen LogP contribution in [0.4, 0.5) is 0 Å². The van der Waals surface area contributed by atoms with Crippen molar-refractivity contribution < 1.29 is 9.84 Å². The Kier molecular flexibility index (Phi) is 18.1. The normalized spacial score (nSPS) is 17.5. The molecular weight excluding hydrogens is 604 g/mol. The fourth-order valence-corrected chi connectivity index (χ4v) is 6.89. The number of benzene rings is 1. The monoisotopic (exact) mass is 669 g/mol. The second-order valence-electron chi connectivity index (χ2n) is 14.1. The van der Waals surface area contributed by atoms with E-state index in [9.17, 15) is 5.11 Å². The van der Waals surface area contributed by atoms with Crippen LogP contribution in [0, 0.1) is 24.2 Å². The SMILES string of the molecule is C#C/C=C\C(NC(=C)[C@@H](CC(=C)N(C)CCN(C)CC1=CCCC=C1)Cc1ccccc1)C(=C)N[C@@H](CC1CCCCC1)C(O)CCOC. The highest BCUT2D eigenvalue weighted by molar-refractivity contribution is 5.25. The second kappa shape index (κ2) is 22.3. The molecule has 3 rings (SSSR count). The maximum absolute atomic E-state index is 11.2. The Morgan fingerprint density at radius 1 is 1.06 bits per heavy atom. The number of rotatable bonds is 23. The number of aliphatic hydroxyl groups is 1. The molecule has 4 atom stereocenters. The number of allylic oxidation sites excluding steroid dienone is 5. The number of hydrogen-bond donors (Lipinski definition) is 3. The van der Waals surface area contributed by atoms with E-state index in [1.807, 2.05) is 6.08 Å². The van der Waals surface area contributed by atoms with Crippen LogP contribution in [-0.4, -0.2) is 80.5 Å². The first-order valence-electron chi connectivity index (χ1n) is 18.4. The van der Waals surface area contributed by atoms with Gasteiger partial charge in [0.1, 0.15) is 0 Å². The Morgan fingerprint density at radius 2 is 1.82 bits per heavy atom. The minimum atomic E-state index is -0.543. The molecule has 0 amide bonds. The van der Waals surface area contributed by atoms with Crippen LogP contribution in [0.3, 0.4) is 0 Å². The third kappa shape index (κ3) is 14.9. The lowest BCUT2D eigenvalue weighted by molar-refractivity contribution is 0.0726. The van der Waals surface area contributed by atoms with Gasteiger partial charge >= 0.3 is 0 Å². The number of nitrogens with one attached hydrogen (secondary N) is 2. The van der Waals surface area contributed by atoms with Crippen LogP contribution in [0.1, 0.15) is 69.8 Å². The first kappa shape index (κ1) is 39.9. The second-order valence-corrected chi connectivity index (χ2v) is 14.1. The average Bonchev–Trinajstić information content (AvgIpc) is 3.11. The van der Waals surface area contributed by atoms with E-state index in [0.717, 1.165) is 68.8 Å². The molecule has 0 aromatic heterocycles. The van der Waals surface area contributed by atoms with Gasteiger partial charge in [0.05, 0.1) is 18.2 Å². The Bertz CT molecular complexity index is 1290. The van der Waals surface area contributed by atoms with Gasteiger partial charge < -0.3 is 30.3 Å². The summed E-state index contributed by atoms with van der Waals surface area (Å²) < 4.78 is 5.31. The zero-order valence-corrected chi connectivity index (χ0v) is 30.7. The number of aliphatic hydroxyl groups excluding tert-OH is 1. The van der Waals surface area contributed by atoms with Gasteiger partial charge in [-0.25, -0.2) is 0 Å². The maximum atomic E-state index is 11.2. The molecular formula is C43H64N4O2. The molecule has 6 heteroatoms. The van der Waals surface area contributed by atoms with Crippen molar-refractivity contribution in [1.29, 1.82) is 0 Å². The molecule has 1 aromatic rings. The van der Waals surface area contributed by atoms with Crippen LogP contribution in [0.25, 0.3) is 0 Å². The van der Waals surface area contributed by atoms with Crippen molar-refractivity contribution in [1.82, 2.24) is 20.4 Å². The molecule has 1 fully saturated rings. The Hall–Kier alpha value is -3.50. The van der Waals surface area contributed by atoms with Crippen molar-refractivity contribution in [2.45, 2.75) is 88.8 Å². The van der Waals surface area contributed by atoms with Gasteiger partial charge in [0.25, 0.3) is 0 Å². The summed E-state index contributed by atoms with van der Waals surface area (Å²) >= 11 is 0. The summed E-state index contributed by atoms with van der Waals surface area (Å²) in [6.07, 6.45) is 27.3. The van der Waals surface area contributed by atoms with Gasteiger partial charge in [-0.2, -0.15) is 0 Å². The van der Waals surface area contributed by atoms with Gasteiger partial charge in [-0.1, -0.05) is 106 Å². The standard InChI is InChI=1S/C43H64N4O2/c1-8-9-25-41(36(4)45-42(43(48)26-29-49-7)32-38-21-15-11-16-22-38)44-35(3)40(31-37-19-13-10-14-20-37)30-34(2)47(6)28-27-46(5)33-39-23-17-12-18-24-39/h1,9-10,13-14,17,19-20,23-25,38,40-45,48H,2-4,11-12,15-16,18,21-22,26-33H2,5-7H3/b25-9-/t40-,41?,42-,43?/m0/s1. The molecule has 0 bridgehead atoms. The summed E-state index contributed by atoms with van der Waals surface area (Å²) in [5.41, 5.74) is 5.40. The lowest BCUT2D eigenvalue weighted by Gasteiger charge is -2.34. The minimum Gasteiger partial charge on any atom is -0.391 e. The molecule has 2 aliphatic carbocycles. The lowest BCUT2D eigenvalue weighted by Crippen LogP contribution is -2.46. The lowest BCUT2D eigenvalue weighted by atomic mass is 9.83. The number of ether oxygens (including phenoxy) is 1. The van der Waals surface area contributed by atoms with Gasteiger partial charge in [-0.05, 0) is 74.8 Å². The first-order chi connectivity index (χ1) is 23.7. The van der Waals surface area contributed by atoms with E-state index in [-0.39, 0.29) is 18.0 Å². The number of likely N-dealkylation sites (N-methyl/N-ethyl adjacent to an activating group) is 2. The van der Waals surface area contributed by atoms with Crippen molar-refractivity contribution in [2.24, 2.45) is 11.8 Å². The molecule has 0 aliphatic heterocycles. The van der Waals surface area contributed by atoms with E-state index in [0.29, 0.717) is 18.9 Å². The van der Waals surface area contributed by atoms with Gasteiger partial charge in [-0.3, -0.25) is 0 Å². The van der Waals surface area contributed by atoms with E-state index in [2.05, 4.69) is 109 Å². The Labute approximate surface area is 298 Å². The predicted molar refractivity (Wildman–Crippen MR) is 208 cm³/mol. The Morgan fingerprint density at radius 3 is 2.49 bits per heavy atom. The van der Waals surface area contributed by atoms with Crippen molar-refractivity contribution in [3.8, 4) is 12.3 Å². The van der Waals surface area contributed by atoms with Crippen molar-refractivity contribution in [3.05, 3.63) is 109 Å². The molecule has 3 N–H and O–H groups in total. The van der Waals surface area contributed by atoms with Gasteiger partial charge in [-0.15, -0.1) is 6.42 Å². The van der Waals surface area contributed by atoms with E-state index < -0.39 is 6.10 Å². The van der Waals surface area contributed by atoms with Gasteiger partial charge in [0.2, 0.25) is 0 Å². The maximum Gasteiger partial charge on any atom is 0.0844 e.